The number of pyridine rings is 1. The van der Waals surface area contributed by atoms with E-state index in [4.69, 9.17) is 11.6 Å². The zero-order chi connectivity index (χ0) is 13.4. The summed E-state index contributed by atoms with van der Waals surface area (Å²) in [6.07, 6.45) is 4.40. The van der Waals surface area contributed by atoms with Gasteiger partial charge >= 0.3 is 0 Å². The van der Waals surface area contributed by atoms with Gasteiger partial charge in [-0.25, -0.2) is 19.3 Å². The summed E-state index contributed by atoms with van der Waals surface area (Å²) in [5.41, 5.74) is 1.40. The van der Waals surface area contributed by atoms with Crippen molar-refractivity contribution in [1.82, 2.24) is 19.9 Å². The molecule has 3 heterocycles. The largest absolute Gasteiger partial charge is 0.371 e. The van der Waals surface area contributed by atoms with Crippen molar-refractivity contribution in [1.29, 1.82) is 0 Å². The van der Waals surface area contributed by atoms with E-state index in [1.54, 1.807) is 25.5 Å². The summed E-state index contributed by atoms with van der Waals surface area (Å²) in [5, 5.41) is 3.99. The number of nitrogens with zero attached hydrogens (tertiary/aromatic N) is 3. The van der Waals surface area contributed by atoms with E-state index in [1.165, 1.54) is 0 Å². The normalized spacial score (nSPS) is 10.9. The van der Waals surface area contributed by atoms with E-state index in [2.05, 4.69) is 25.3 Å². The Balaban J connectivity index is 2.21. The molecule has 0 bridgehead atoms. The number of nitrogens with one attached hydrogen (secondary N) is 2. The highest BCUT2D eigenvalue weighted by Gasteiger charge is 2.12. The zero-order valence-electron chi connectivity index (χ0n) is 9.91. The molecule has 0 radical (unpaired) electrons. The van der Waals surface area contributed by atoms with Crippen molar-refractivity contribution in [2.75, 3.05) is 12.4 Å². The summed E-state index contributed by atoms with van der Waals surface area (Å²) >= 11 is 5.93. The van der Waals surface area contributed by atoms with E-state index in [1.807, 2.05) is 0 Å². The molecule has 0 aliphatic heterocycles. The van der Waals surface area contributed by atoms with E-state index in [9.17, 15) is 4.39 Å². The second kappa shape index (κ2) is 4.47. The number of hydrogen-bond acceptors (Lipinski definition) is 4. The summed E-state index contributed by atoms with van der Waals surface area (Å²) in [6, 6.07) is 1.77. The van der Waals surface area contributed by atoms with Crippen LogP contribution in [-0.2, 0) is 0 Å². The second-order valence-electron chi connectivity index (χ2n) is 3.89. The molecule has 0 spiro atoms. The highest BCUT2D eigenvalue weighted by atomic mass is 35.5. The minimum atomic E-state index is -0.498. The Labute approximate surface area is 112 Å². The van der Waals surface area contributed by atoms with Crippen molar-refractivity contribution in [3.05, 3.63) is 35.5 Å². The molecule has 0 aromatic carbocycles. The highest BCUT2D eigenvalue weighted by Crippen LogP contribution is 2.27. The first-order valence-electron chi connectivity index (χ1n) is 5.52. The van der Waals surface area contributed by atoms with Crippen LogP contribution in [-0.4, -0.2) is 27.0 Å². The Bertz CT molecular complexity index is 755. The monoisotopic (exact) mass is 277 g/mol. The maximum atomic E-state index is 13.4. The van der Waals surface area contributed by atoms with Crippen molar-refractivity contribution < 1.29 is 4.39 Å². The van der Waals surface area contributed by atoms with Crippen LogP contribution < -0.4 is 5.32 Å². The van der Waals surface area contributed by atoms with Crippen LogP contribution in [0.3, 0.4) is 0 Å². The summed E-state index contributed by atoms with van der Waals surface area (Å²) in [4.78, 5) is 15.3. The van der Waals surface area contributed by atoms with Gasteiger partial charge in [0.1, 0.15) is 5.65 Å². The minimum Gasteiger partial charge on any atom is -0.371 e. The van der Waals surface area contributed by atoms with Crippen molar-refractivity contribution in [3.63, 3.8) is 0 Å². The molecule has 0 atom stereocenters. The SMILES string of the molecule is CNc1nc(-c2c[nH]c3ncc(Cl)cc23)ncc1F. The van der Waals surface area contributed by atoms with Crippen LogP contribution >= 0.6 is 11.6 Å². The topological polar surface area (TPSA) is 66.5 Å². The fourth-order valence-corrected chi connectivity index (χ4v) is 1.99. The maximum absolute atomic E-state index is 13.4. The smallest absolute Gasteiger partial charge is 0.183 e. The predicted octanol–water partition coefficient (Wildman–Crippen LogP) is 2.85. The number of anilines is 1. The molecule has 0 saturated carbocycles. The highest BCUT2D eigenvalue weighted by molar-refractivity contribution is 6.31. The van der Waals surface area contributed by atoms with Crippen LogP contribution in [0.25, 0.3) is 22.4 Å². The lowest BCUT2D eigenvalue weighted by atomic mass is 10.2. The molecule has 0 saturated heterocycles. The Morgan fingerprint density at radius 2 is 2.16 bits per heavy atom. The number of aromatic amines is 1. The number of hydrogen-bond donors (Lipinski definition) is 2. The molecule has 2 N–H and O–H groups in total. The van der Waals surface area contributed by atoms with Gasteiger partial charge in [-0.15, -0.1) is 0 Å². The molecule has 0 fully saturated rings. The van der Waals surface area contributed by atoms with E-state index in [-0.39, 0.29) is 5.82 Å². The Morgan fingerprint density at radius 1 is 1.32 bits per heavy atom. The van der Waals surface area contributed by atoms with Gasteiger partial charge in [-0.2, -0.15) is 0 Å². The number of H-pyrrole nitrogens is 1. The van der Waals surface area contributed by atoms with Crippen molar-refractivity contribution in [2.24, 2.45) is 0 Å². The summed E-state index contributed by atoms with van der Waals surface area (Å²) < 4.78 is 13.4. The number of rotatable bonds is 2. The van der Waals surface area contributed by atoms with Crippen LogP contribution in [0.5, 0.6) is 0 Å². The lowest BCUT2D eigenvalue weighted by Crippen LogP contribution is -1.99. The zero-order valence-corrected chi connectivity index (χ0v) is 10.7. The molecule has 0 unspecified atom stereocenters. The van der Waals surface area contributed by atoms with Crippen LogP contribution in [0.2, 0.25) is 5.02 Å². The molecular formula is C12H9ClFN5. The molecule has 96 valence electrons. The van der Waals surface area contributed by atoms with E-state index in [0.29, 0.717) is 16.5 Å². The average Bonchev–Trinajstić information content (AvgIpc) is 2.82. The van der Waals surface area contributed by atoms with Crippen LogP contribution in [0.4, 0.5) is 10.2 Å². The Morgan fingerprint density at radius 3 is 2.95 bits per heavy atom. The molecule has 7 heteroatoms. The van der Waals surface area contributed by atoms with Crippen molar-refractivity contribution in [3.8, 4) is 11.4 Å². The quantitative estimate of drug-likeness (QED) is 0.756. The molecule has 3 aromatic heterocycles. The minimum absolute atomic E-state index is 0.148. The average molecular weight is 278 g/mol. The van der Waals surface area contributed by atoms with Gasteiger partial charge in [0.25, 0.3) is 0 Å². The Hall–Kier alpha value is -2.21. The molecule has 0 aliphatic carbocycles. The molecular weight excluding hydrogens is 269 g/mol. The fraction of sp³-hybridized carbons (Fsp3) is 0.0833. The van der Waals surface area contributed by atoms with Gasteiger partial charge in [0.05, 0.1) is 11.2 Å². The van der Waals surface area contributed by atoms with E-state index in [0.717, 1.165) is 17.1 Å². The number of fused-ring (bicyclic) bond motifs is 1. The van der Waals surface area contributed by atoms with Gasteiger partial charge < -0.3 is 10.3 Å². The van der Waals surface area contributed by atoms with Gasteiger partial charge in [0.15, 0.2) is 17.5 Å². The maximum Gasteiger partial charge on any atom is 0.183 e. The number of halogens is 2. The Kier molecular flexibility index (Phi) is 2.79. The third kappa shape index (κ3) is 2.00. The van der Waals surface area contributed by atoms with Crippen molar-refractivity contribution >= 4 is 28.5 Å². The van der Waals surface area contributed by atoms with Crippen LogP contribution in [0.15, 0.2) is 24.7 Å². The third-order valence-electron chi connectivity index (χ3n) is 2.72. The van der Waals surface area contributed by atoms with E-state index >= 15 is 0 Å². The molecule has 3 aromatic rings. The number of aromatic nitrogens is 4. The van der Waals surface area contributed by atoms with Crippen molar-refractivity contribution in [2.45, 2.75) is 0 Å². The van der Waals surface area contributed by atoms with Gasteiger partial charge in [-0.3, -0.25) is 0 Å². The lowest BCUT2D eigenvalue weighted by Gasteiger charge is -2.03. The standard InChI is InChI=1S/C12H9ClFN5/c1-15-12-9(14)5-18-11(19-12)8-4-17-10-7(8)2-6(13)3-16-10/h2-5H,1H3,(H,16,17)(H,15,18,19). The van der Waals surface area contributed by atoms with Gasteiger partial charge in [-0.05, 0) is 6.07 Å². The van der Waals surface area contributed by atoms with E-state index < -0.39 is 5.82 Å². The summed E-state index contributed by atoms with van der Waals surface area (Å²) in [7, 11) is 1.60. The lowest BCUT2D eigenvalue weighted by molar-refractivity contribution is 0.619. The molecule has 3 rings (SSSR count). The third-order valence-corrected chi connectivity index (χ3v) is 2.93. The first-order chi connectivity index (χ1) is 9.19. The van der Waals surface area contributed by atoms with Gasteiger partial charge in [-0.1, -0.05) is 11.6 Å². The molecule has 5 nitrogen and oxygen atoms in total. The second-order valence-corrected chi connectivity index (χ2v) is 4.33. The van der Waals surface area contributed by atoms with Crippen LogP contribution in [0.1, 0.15) is 0 Å². The molecule has 19 heavy (non-hydrogen) atoms. The summed E-state index contributed by atoms with van der Waals surface area (Å²) in [5.74, 6) is 0.0534. The molecule has 0 aliphatic rings. The molecule has 0 amide bonds. The van der Waals surface area contributed by atoms with Crippen LogP contribution in [0, 0.1) is 5.82 Å². The first kappa shape index (κ1) is 11.9. The first-order valence-corrected chi connectivity index (χ1v) is 5.90. The fourth-order valence-electron chi connectivity index (χ4n) is 1.84. The predicted molar refractivity (Wildman–Crippen MR) is 71.6 cm³/mol. The van der Waals surface area contributed by atoms with Gasteiger partial charge in [0, 0.05) is 30.4 Å². The van der Waals surface area contributed by atoms with Gasteiger partial charge in [0.2, 0.25) is 0 Å². The summed E-state index contributed by atoms with van der Waals surface area (Å²) in [6.45, 7) is 0.